The van der Waals surface area contributed by atoms with Crippen molar-refractivity contribution >= 4 is 22.6 Å². The molecule has 11 nitrogen and oxygen atoms in total. The summed E-state index contributed by atoms with van der Waals surface area (Å²) in [5, 5.41) is 13.7. The number of tetrazole rings is 1. The first kappa shape index (κ1) is 19.1. The number of fused-ring (bicyclic) bond motifs is 1. The summed E-state index contributed by atoms with van der Waals surface area (Å²) in [7, 11) is 2.79. The summed E-state index contributed by atoms with van der Waals surface area (Å²) in [6.45, 7) is 1.68. The van der Waals surface area contributed by atoms with Crippen molar-refractivity contribution < 1.29 is 9.18 Å². The number of nitrogens with zero attached hydrogens (tertiary/aromatic N) is 7. The molecule has 0 aliphatic rings. The molecule has 0 fully saturated rings. The maximum atomic E-state index is 14.3. The van der Waals surface area contributed by atoms with Crippen molar-refractivity contribution in [2.45, 2.75) is 6.92 Å². The van der Waals surface area contributed by atoms with E-state index in [1.165, 1.54) is 49.1 Å². The third-order valence-electron chi connectivity index (χ3n) is 4.60. The van der Waals surface area contributed by atoms with Crippen molar-refractivity contribution in [2.24, 2.45) is 14.1 Å². The summed E-state index contributed by atoms with van der Waals surface area (Å²) in [6, 6.07) is 6.75. The molecule has 0 radical (unpaired) electrons. The van der Waals surface area contributed by atoms with E-state index in [0.717, 1.165) is 9.13 Å². The summed E-state index contributed by atoms with van der Waals surface area (Å²) in [6.07, 6.45) is 0. The van der Waals surface area contributed by atoms with Crippen LogP contribution in [0.1, 0.15) is 16.3 Å². The number of carbonyl (C=O) groups excluding carboxylic acids is 1. The molecule has 0 aliphatic carbocycles. The molecule has 12 heteroatoms. The van der Waals surface area contributed by atoms with Crippen LogP contribution >= 0.6 is 0 Å². The first-order valence-electron chi connectivity index (χ1n) is 8.71. The molecule has 1 N–H and O–H groups in total. The molecule has 0 aliphatic heterocycles. The molecule has 3 heterocycles. The normalized spacial score (nSPS) is 11.1. The second kappa shape index (κ2) is 6.99. The minimum absolute atomic E-state index is 0.0503. The van der Waals surface area contributed by atoms with E-state index in [-0.39, 0.29) is 22.4 Å². The molecule has 0 atom stereocenters. The van der Waals surface area contributed by atoms with Crippen LogP contribution in [0.3, 0.4) is 0 Å². The number of rotatable bonds is 3. The van der Waals surface area contributed by atoms with Crippen molar-refractivity contribution in [1.82, 2.24) is 34.3 Å². The van der Waals surface area contributed by atoms with E-state index in [1.807, 2.05) is 0 Å². The first-order chi connectivity index (χ1) is 14.3. The van der Waals surface area contributed by atoms with Crippen molar-refractivity contribution in [2.75, 3.05) is 5.32 Å². The SMILES string of the molecule is Cc1nnnn1-c1ccc(F)c(NC(=O)c2ccc3c(=O)n(C)c(=O)n(C)c3n2)c1. The highest BCUT2D eigenvalue weighted by molar-refractivity contribution is 6.04. The van der Waals surface area contributed by atoms with E-state index in [9.17, 15) is 18.8 Å². The van der Waals surface area contributed by atoms with Gasteiger partial charge in [0.25, 0.3) is 11.5 Å². The number of pyridine rings is 1. The molecule has 0 spiro atoms. The van der Waals surface area contributed by atoms with Crippen LogP contribution in [0.15, 0.2) is 39.9 Å². The minimum atomic E-state index is -0.713. The van der Waals surface area contributed by atoms with Gasteiger partial charge in [-0.25, -0.2) is 14.2 Å². The van der Waals surface area contributed by atoms with Gasteiger partial charge in [0.2, 0.25) is 0 Å². The largest absolute Gasteiger partial charge is 0.332 e. The number of anilines is 1. The number of hydrogen-bond donors (Lipinski definition) is 1. The zero-order valence-corrected chi connectivity index (χ0v) is 16.1. The van der Waals surface area contributed by atoms with Gasteiger partial charge in [-0.1, -0.05) is 0 Å². The van der Waals surface area contributed by atoms with Gasteiger partial charge in [0.1, 0.15) is 17.2 Å². The van der Waals surface area contributed by atoms with Crippen molar-refractivity contribution in [3.63, 3.8) is 0 Å². The van der Waals surface area contributed by atoms with E-state index >= 15 is 0 Å². The lowest BCUT2D eigenvalue weighted by Gasteiger charge is -2.10. The lowest BCUT2D eigenvalue weighted by Crippen LogP contribution is -2.37. The van der Waals surface area contributed by atoms with Crippen LogP contribution in [0.4, 0.5) is 10.1 Å². The first-order valence-corrected chi connectivity index (χ1v) is 8.71. The summed E-state index contributed by atoms with van der Waals surface area (Å²) < 4.78 is 17.8. The molecule has 152 valence electrons. The molecular formula is C18H15FN8O3. The van der Waals surface area contributed by atoms with Gasteiger partial charge in [-0.3, -0.25) is 18.7 Å². The van der Waals surface area contributed by atoms with Gasteiger partial charge in [-0.2, -0.15) is 4.68 Å². The van der Waals surface area contributed by atoms with Gasteiger partial charge in [0, 0.05) is 14.1 Å². The summed E-state index contributed by atoms with van der Waals surface area (Å²) in [4.78, 5) is 41.1. The minimum Gasteiger partial charge on any atom is -0.318 e. The van der Waals surface area contributed by atoms with Gasteiger partial charge in [0.15, 0.2) is 5.82 Å². The van der Waals surface area contributed by atoms with Crippen LogP contribution in [0.2, 0.25) is 0 Å². The Morgan fingerprint density at radius 1 is 1.10 bits per heavy atom. The molecular weight excluding hydrogens is 395 g/mol. The summed E-state index contributed by atoms with van der Waals surface area (Å²) in [5.74, 6) is -0.896. The van der Waals surface area contributed by atoms with E-state index in [1.54, 1.807) is 6.92 Å². The zero-order chi connectivity index (χ0) is 21.6. The molecule has 0 bridgehead atoms. The fourth-order valence-electron chi connectivity index (χ4n) is 2.98. The molecule has 0 saturated heterocycles. The monoisotopic (exact) mass is 410 g/mol. The number of benzene rings is 1. The Hall–Kier alpha value is -4.22. The molecule has 3 aromatic heterocycles. The molecule has 4 aromatic rings. The average Bonchev–Trinajstić information content (AvgIpc) is 3.17. The van der Waals surface area contributed by atoms with Crippen LogP contribution in [0.5, 0.6) is 0 Å². The average molecular weight is 410 g/mol. The number of aryl methyl sites for hydroxylation is 2. The molecule has 0 saturated carbocycles. The van der Waals surface area contributed by atoms with Gasteiger partial charge >= 0.3 is 5.69 Å². The highest BCUT2D eigenvalue weighted by Gasteiger charge is 2.16. The van der Waals surface area contributed by atoms with Crippen LogP contribution in [-0.4, -0.2) is 40.2 Å². The van der Waals surface area contributed by atoms with Crippen molar-refractivity contribution in [3.05, 3.63) is 68.5 Å². The van der Waals surface area contributed by atoms with Crippen LogP contribution in [0.25, 0.3) is 16.7 Å². The quantitative estimate of drug-likeness (QED) is 0.514. The smallest absolute Gasteiger partial charge is 0.318 e. The number of hydrogen-bond acceptors (Lipinski definition) is 7. The number of carbonyl (C=O) groups is 1. The van der Waals surface area contributed by atoms with Gasteiger partial charge < -0.3 is 5.32 Å². The Labute approximate surface area is 167 Å². The lowest BCUT2D eigenvalue weighted by molar-refractivity contribution is 0.102. The van der Waals surface area contributed by atoms with E-state index in [0.29, 0.717) is 11.5 Å². The number of nitrogens with one attached hydrogen (secondary N) is 1. The van der Waals surface area contributed by atoms with Crippen LogP contribution in [-0.2, 0) is 14.1 Å². The Morgan fingerprint density at radius 3 is 2.57 bits per heavy atom. The topological polar surface area (TPSA) is 130 Å². The standard InChI is InChI=1S/C18H15FN8O3/c1-9-22-23-24-27(9)10-4-6-12(19)14(8-10)21-16(28)13-7-5-11-15(20-13)25(2)18(30)26(3)17(11)29/h4-8H,1-3H3,(H,21,28). The lowest BCUT2D eigenvalue weighted by atomic mass is 10.2. The molecule has 1 aromatic carbocycles. The fraction of sp³-hybridized carbons (Fsp3) is 0.167. The summed E-state index contributed by atoms with van der Waals surface area (Å²) >= 11 is 0. The second-order valence-corrected chi connectivity index (χ2v) is 6.53. The van der Waals surface area contributed by atoms with Crippen molar-refractivity contribution in [1.29, 1.82) is 0 Å². The molecule has 1 amide bonds. The predicted octanol–water partition coefficient (Wildman–Crippen LogP) is 0.308. The van der Waals surface area contributed by atoms with E-state index in [2.05, 4.69) is 25.8 Å². The predicted molar refractivity (Wildman–Crippen MR) is 104 cm³/mol. The Morgan fingerprint density at radius 2 is 1.87 bits per heavy atom. The maximum absolute atomic E-state index is 14.3. The second-order valence-electron chi connectivity index (χ2n) is 6.53. The van der Waals surface area contributed by atoms with Gasteiger partial charge in [-0.05, 0) is 47.7 Å². The Balaban J connectivity index is 1.73. The highest BCUT2D eigenvalue weighted by Crippen LogP contribution is 2.20. The number of aromatic nitrogens is 7. The number of halogens is 1. The van der Waals surface area contributed by atoms with E-state index < -0.39 is 23.0 Å². The van der Waals surface area contributed by atoms with Gasteiger partial charge in [-0.15, -0.1) is 5.10 Å². The third-order valence-corrected chi connectivity index (χ3v) is 4.60. The van der Waals surface area contributed by atoms with Crippen LogP contribution in [0, 0.1) is 12.7 Å². The molecule has 4 rings (SSSR count). The number of amides is 1. The van der Waals surface area contributed by atoms with E-state index in [4.69, 9.17) is 0 Å². The third kappa shape index (κ3) is 3.03. The Bertz CT molecular complexity index is 1440. The summed E-state index contributed by atoms with van der Waals surface area (Å²) in [5.41, 5.74) is -0.793. The van der Waals surface area contributed by atoms with Crippen molar-refractivity contribution in [3.8, 4) is 5.69 Å². The molecule has 30 heavy (non-hydrogen) atoms. The fourth-order valence-corrected chi connectivity index (χ4v) is 2.98. The highest BCUT2D eigenvalue weighted by atomic mass is 19.1. The Kier molecular flexibility index (Phi) is 4.45. The molecule has 0 unspecified atom stereocenters. The van der Waals surface area contributed by atoms with Gasteiger partial charge in [0.05, 0.1) is 16.8 Å². The zero-order valence-electron chi connectivity index (χ0n) is 16.1. The van der Waals surface area contributed by atoms with Crippen LogP contribution < -0.4 is 16.6 Å². The maximum Gasteiger partial charge on any atom is 0.332 e.